The average Bonchev–Trinajstić information content (AvgIpc) is 3.57. The number of hydrogen-bond donors (Lipinski definition) is 1. The molecule has 3 aromatic carbocycles. The monoisotopic (exact) mass is 442 g/mol. The number of thioether (sulfide) groups is 1. The fourth-order valence-corrected chi connectivity index (χ4v) is 5.01. The van der Waals surface area contributed by atoms with Crippen molar-refractivity contribution in [1.82, 2.24) is 0 Å². The van der Waals surface area contributed by atoms with Crippen molar-refractivity contribution in [2.75, 3.05) is 25.3 Å². The van der Waals surface area contributed by atoms with Crippen molar-refractivity contribution in [3.8, 4) is 11.5 Å². The number of nitrogens with zero attached hydrogens (tertiary/aromatic N) is 1. The van der Waals surface area contributed by atoms with Gasteiger partial charge in [0.2, 0.25) is 0 Å². The van der Waals surface area contributed by atoms with Crippen LogP contribution in [0.5, 0.6) is 11.5 Å². The van der Waals surface area contributed by atoms with Gasteiger partial charge in [0.15, 0.2) is 11.5 Å². The maximum absolute atomic E-state index is 5.52. The van der Waals surface area contributed by atoms with Gasteiger partial charge in [-0.05, 0) is 54.3 Å². The Bertz CT molecular complexity index is 1180. The van der Waals surface area contributed by atoms with Crippen molar-refractivity contribution in [1.29, 1.82) is 0 Å². The Balaban J connectivity index is 1.39. The van der Waals surface area contributed by atoms with E-state index in [1.54, 1.807) is 14.2 Å². The van der Waals surface area contributed by atoms with E-state index in [0.29, 0.717) is 0 Å². The van der Waals surface area contributed by atoms with Gasteiger partial charge in [0.25, 0.3) is 0 Å². The van der Waals surface area contributed by atoms with Gasteiger partial charge in [-0.3, -0.25) is 4.99 Å². The van der Waals surface area contributed by atoms with Crippen molar-refractivity contribution in [3.05, 3.63) is 95.1 Å². The predicted octanol–water partition coefficient (Wildman–Crippen LogP) is 6.56. The SMILES string of the molecule is COc1ccc(C(Nc2cccc(C3CSC(c4ccccc4)=N3)c2)=C2CC2)cc1OC. The van der Waals surface area contributed by atoms with Crippen molar-refractivity contribution < 1.29 is 9.47 Å². The largest absolute Gasteiger partial charge is 0.493 e. The predicted molar refractivity (Wildman–Crippen MR) is 134 cm³/mol. The molecule has 162 valence electrons. The quantitative estimate of drug-likeness (QED) is 0.450. The Morgan fingerprint density at radius 2 is 1.72 bits per heavy atom. The molecule has 1 saturated carbocycles. The maximum atomic E-state index is 5.52. The molecule has 5 rings (SSSR count). The summed E-state index contributed by atoms with van der Waals surface area (Å²) in [6.07, 6.45) is 2.25. The van der Waals surface area contributed by atoms with E-state index in [4.69, 9.17) is 14.5 Å². The van der Waals surface area contributed by atoms with Gasteiger partial charge in [-0.25, -0.2) is 0 Å². The standard InChI is InChI=1S/C27H26N2O2S/c1-30-24-14-13-21(16-25(24)31-2)26(18-11-12-18)28-22-10-6-9-20(15-22)23-17-32-27(29-23)19-7-4-3-5-8-19/h3-10,13-16,23,28H,11-12,17H2,1-2H3. The number of anilines is 1. The van der Waals surface area contributed by atoms with Crippen LogP contribution in [0.25, 0.3) is 5.70 Å². The first-order valence-corrected chi connectivity index (χ1v) is 11.8. The lowest BCUT2D eigenvalue weighted by Crippen LogP contribution is -2.02. The zero-order valence-corrected chi connectivity index (χ0v) is 19.1. The molecular formula is C27H26N2O2S. The van der Waals surface area contributed by atoms with E-state index in [1.807, 2.05) is 30.0 Å². The molecule has 3 aromatic rings. The van der Waals surface area contributed by atoms with Gasteiger partial charge in [0.05, 0.1) is 25.3 Å². The second kappa shape index (κ2) is 9.13. The van der Waals surface area contributed by atoms with Gasteiger partial charge in [-0.2, -0.15) is 0 Å². The molecule has 2 aliphatic rings. The van der Waals surface area contributed by atoms with E-state index in [2.05, 4.69) is 59.9 Å². The number of benzene rings is 3. The Labute approximate surface area is 193 Å². The fourth-order valence-electron chi connectivity index (χ4n) is 3.92. The lowest BCUT2D eigenvalue weighted by molar-refractivity contribution is 0.355. The summed E-state index contributed by atoms with van der Waals surface area (Å²) in [6, 6.07) is 25.3. The molecule has 1 aliphatic heterocycles. The third kappa shape index (κ3) is 4.39. The molecule has 0 saturated heterocycles. The topological polar surface area (TPSA) is 42.8 Å². The smallest absolute Gasteiger partial charge is 0.161 e. The fraction of sp³-hybridized carbons (Fsp3) is 0.222. The molecule has 1 fully saturated rings. The van der Waals surface area contributed by atoms with E-state index in [0.717, 1.165) is 52.1 Å². The summed E-state index contributed by atoms with van der Waals surface area (Å²) in [7, 11) is 3.33. The molecule has 1 aliphatic carbocycles. The first kappa shape index (κ1) is 20.7. The second-order valence-corrected chi connectivity index (χ2v) is 8.93. The first-order chi connectivity index (χ1) is 15.7. The summed E-state index contributed by atoms with van der Waals surface area (Å²) in [6.45, 7) is 0. The minimum absolute atomic E-state index is 0.176. The Hall–Kier alpha value is -3.18. The molecule has 0 amide bonds. The van der Waals surface area contributed by atoms with Crippen LogP contribution in [0.15, 0.2) is 83.4 Å². The van der Waals surface area contributed by atoms with Crippen molar-refractivity contribution in [3.63, 3.8) is 0 Å². The molecule has 0 spiro atoms. The highest BCUT2D eigenvalue weighted by molar-refractivity contribution is 8.14. The summed E-state index contributed by atoms with van der Waals surface area (Å²) in [5, 5.41) is 4.81. The summed E-state index contributed by atoms with van der Waals surface area (Å²) >= 11 is 1.83. The highest BCUT2D eigenvalue weighted by Gasteiger charge is 2.23. The molecule has 0 aromatic heterocycles. The van der Waals surface area contributed by atoms with Crippen LogP contribution in [-0.2, 0) is 0 Å². The van der Waals surface area contributed by atoms with Crippen LogP contribution in [0, 0.1) is 0 Å². The summed E-state index contributed by atoms with van der Waals surface area (Å²) in [5.74, 6) is 2.45. The van der Waals surface area contributed by atoms with E-state index < -0.39 is 0 Å². The van der Waals surface area contributed by atoms with Crippen molar-refractivity contribution in [2.24, 2.45) is 4.99 Å². The summed E-state index contributed by atoms with van der Waals surface area (Å²) < 4.78 is 10.9. The molecule has 5 heteroatoms. The molecule has 4 nitrogen and oxygen atoms in total. The van der Waals surface area contributed by atoms with Crippen LogP contribution < -0.4 is 14.8 Å². The highest BCUT2D eigenvalue weighted by Crippen LogP contribution is 2.40. The average molecular weight is 443 g/mol. The van der Waals surface area contributed by atoms with Crippen LogP contribution in [0.3, 0.4) is 0 Å². The number of hydrogen-bond acceptors (Lipinski definition) is 5. The van der Waals surface area contributed by atoms with Gasteiger partial charge < -0.3 is 14.8 Å². The zero-order valence-electron chi connectivity index (χ0n) is 18.3. The number of allylic oxidation sites excluding steroid dienone is 1. The molecule has 1 unspecified atom stereocenters. The number of rotatable bonds is 7. The third-order valence-electron chi connectivity index (χ3n) is 5.74. The van der Waals surface area contributed by atoms with E-state index in [1.165, 1.54) is 16.7 Å². The molecule has 1 heterocycles. The molecular weight excluding hydrogens is 416 g/mol. The van der Waals surface area contributed by atoms with E-state index >= 15 is 0 Å². The molecule has 0 bridgehead atoms. The Morgan fingerprint density at radius 1 is 0.906 bits per heavy atom. The lowest BCUT2D eigenvalue weighted by Gasteiger charge is -2.16. The normalized spacial score (nSPS) is 17.0. The number of aliphatic imine (C=N–C) groups is 1. The number of ether oxygens (including phenoxy) is 2. The number of methoxy groups -OCH3 is 2. The molecule has 1 atom stereocenters. The van der Waals surface area contributed by atoms with Crippen LogP contribution in [0.1, 0.15) is 35.6 Å². The Kier molecular flexibility index (Phi) is 5.91. The van der Waals surface area contributed by atoms with E-state index in [9.17, 15) is 0 Å². The summed E-state index contributed by atoms with van der Waals surface area (Å²) in [4.78, 5) is 5.01. The van der Waals surface area contributed by atoms with Gasteiger partial charge >= 0.3 is 0 Å². The van der Waals surface area contributed by atoms with E-state index in [-0.39, 0.29) is 6.04 Å². The van der Waals surface area contributed by atoms with Gasteiger partial charge in [-0.1, -0.05) is 42.5 Å². The Morgan fingerprint density at radius 3 is 2.47 bits per heavy atom. The maximum Gasteiger partial charge on any atom is 0.161 e. The number of nitrogens with one attached hydrogen (secondary N) is 1. The lowest BCUT2D eigenvalue weighted by atomic mass is 10.1. The second-order valence-electron chi connectivity index (χ2n) is 7.93. The van der Waals surface area contributed by atoms with Crippen molar-refractivity contribution >= 4 is 28.2 Å². The highest BCUT2D eigenvalue weighted by atomic mass is 32.2. The first-order valence-electron chi connectivity index (χ1n) is 10.8. The van der Waals surface area contributed by atoms with Gasteiger partial charge in [0.1, 0.15) is 0 Å². The minimum atomic E-state index is 0.176. The minimum Gasteiger partial charge on any atom is -0.493 e. The third-order valence-corrected chi connectivity index (χ3v) is 6.84. The van der Waals surface area contributed by atoms with Gasteiger partial charge in [-0.15, -0.1) is 11.8 Å². The van der Waals surface area contributed by atoms with Gasteiger partial charge in [0, 0.05) is 28.3 Å². The van der Waals surface area contributed by atoms with Crippen molar-refractivity contribution in [2.45, 2.75) is 18.9 Å². The van der Waals surface area contributed by atoms with Crippen LogP contribution in [0.2, 0.25) is 0 Å². The molecule has 32 heavy (non-hydrogen) atoms. The van der Waals surface area contributed by atoms with Crippen LogP contribution in [-0.4, -0.2) is 25.0 Å². The summed E-state index contributed by atoms with van der Waals surface area (Å²) in [5.41, 5.74) is 7.23. The van der Waals surface area contributed by atoms with Crippen LogP contribution >= 0.6 is 11.8 Å². The zero-order chi connectivity index (χ0) is 21.9. The van der Waals surface area contributed by atoms with Crippen LogP contribution in [0.4, 0.5) is 5.69 Å². The molecule has 0 radical (unpaired) electrons. The molecule has 1 N–H and O–H groups in total.